The Kier molecular flexibility index (Phi) is 4.76. The van der Waals surface area contributed by atoms with E-state index < -0.39 is 0 Å². The minimum Gasteiger partial charge on any atom is -0.356 e. The van der Waals surface area contributed by atoms with Crippen molar-refractivity contribution < 1.29 is 4.79 Å². The maximum Gasteiger partial charge on any atom is 0.221 e. The van der Waals surface area contributed by atoms with Gasteiger partial charge in [0.1, 0.15) is 0 Å². The van der Waals surface area contributed by atoms with E-state index in [2.05, 4.69) is 26.2 Å². The van der Waals surface area contributed by atoms with Gasteiger partial charge < -0.3 is 14.9 Å². The van der Waals surface area contributed by atoms with Crippen LogP contribution in [-0.4, -0.2) is 22.0 Å². The Bertz CT molecular complexity index is 647. The van der Waals surface area contributed by atoms with Crippen LogP contribution in [0.1, 0.15) is 19.8 Å². The summed E-state index contributed by atoms with van der Waals surface area (Å²) < 4.78 is 3.61. The van der Waals surface area contributed by atoms with Crippen LogP contribution in [0, 0.1) is 4.77 Å². The number of hydrogen-bond donors (Lipinski definition) is 2. The van der Waals surface area contributed by atoms with Gasteiger partial charge in [-0.05, 0) is 36.8 Å². The summed E-state index contributed by atoms with van der Waals surface area (Å²) in [6, 6.07) is 5.95. The Balaban J connectivity index is 2.14. The number of aromatic nitrogens is 2. The van der Waals surface area contributed by atoms with Crippen molar-refractivity contribution in [3.05, 3.63) is 27.4 Å². The molecule has 0 aliphatic rings. The third kappa shape index (κ3) is 3.45. The Labute approximate surface area is 125 Å². The molecule has 0 aliphatic carbocycles. The highest BCUT2D eigenvalue weighted by atomic mass is 79.9. The van der Waals surface area contributed by atoms with E-state index in [4.69, 9.17) is 12.2 Å². The van der Waals surface area contributed by atoms with Gasteiger partial charge in [0, 0.05) is 24.0 Å². The van der Waals surface area contributed by atoms with E-state index in [1.54, 1.807) is 0 Å². The summed E-state index contributed by atoms with van der Waals surface area (Å²) in [5.41, 5.74) is 2.00. The lowest BCUT2D eigenvalue weighted by Gasteiger charge is -2.05. The van der Waals surface area contributed by atoms with E-state index in [1.165, 1.54) is 0 Å². The number of halogens is 1. The van der Waals surface area contributed by atoms with Crippen LogP contribution in [0.5, 0.6) is 0 Å². The SMILES string of the molecule is CCCNC(=O)CCn1c(=S)[nH]c2cc(Br)ccc21. The quantitative estimate of drug-likeness (QED) is 0.819. The number of fused-ring (bicyclic) bond motifs is 1. The van der Waals surface area contributed by atoms with Crippen molar-refractivity contribution in [2.24, 2.45) is 0 Å². The molecule has 1 aromatic heterocycles. The number of carbonyl (C=O) groups is 1. The number of amides is 1. The number of H-pyrrole nitrogens is 1. The fraction of sp³-hybridized carbons (Fsp3) is 0.385. The number of nitrogens with zero attached hydrogens (tertiary/aromatic N) is 1. The van der Waals surface area contributed by atoms with E-state index in [0.29, 0.717) is 17.7 Å². The molecule has 0 atom stereocenters. The van der Waals surface area contributed by atoms with Gasteiger partial charge in [0.15, 0.2) is 4.77 Å². The van der Waals surface area contributed by atoms with Gasteiger partial charge in [-0.25, -0.2) is 0 Å². The van der Waals surface area contributed by atoms with Crippen LogP contribution in [-0.2, 0) is 11.3 Å². The van der Waals surface area contributed by atoms with Crippen LogP contribution < -0.4 is 5.32 Å². The van der Waals surface area contributed by atoms with Crippen LogP contribution >= 0.6 is 28.1 Å². The zero-order chi connectivity index (χ0) is 13.8. The number of aryl methyl sites for hydroxylation is 1. The zero-order valence-corrected chi connectivity index (χ0v) is 13.1. The topological polar surface area (TPSA) is 49.8 Å². The Hall–Kier alpha value is -1.14. The summed E-state index contributed by atoms with van der Waals surface area (Å²) in [5.74, 6) is 0.0650. The number of carbonyl (C=O) groups excluding carboxylic acids is 1. The van der Waals surface area contributed by atoms with E-state index in [9.17, 15) is 4.79 Å². The maximum absolute atomic E-state index is 11.6. The number of benzene rings is 1. The summed E-state index contributed by atoms with van der Waals surface area (Å²) >= 11 is 8.73. The van der Waals surface area contributed by atoms with Crippen LogP contribution in [0.2, 0.25) is 0 Å². The number of aromatic amines is 1. The minimum atomic E-state index is 0.0650. The van der Waals surface area contributed by atoms with Crippen LogP contribution in [0.3, 0.4) is 0 Å². The predicted molar refractivity (Wildman–Crippen MR) is 82.7 cm³/mol. The van der Waals surface area contributed by atoms with Crippen molar-refractivity contribution >= 4 is 45.1 Å². The largest absolute Gasteiger partial charge is 0.356 e. The van der Waals surface area contributed by atoms with Crippen molar-refractivity contribution in [2.45, 2.75) is 26.3 Å². The first-order valence-corrected chi connectivity index (χ1v) is 7.46. The molecule has 0 spiro atoms. The second kappa shape index (κ2) is 6.34. The normalized spacial score (nSPS) is 10.8. The zero-order valence-electron chi connectivity index (χ0n) is 10.7. The van der Waals surface area contributed by atoms with E-state index in [0.717, 1.165) is 28.5 Å². The lowest BCUT2D eigenvalue weighted by Crippen LogP contribution is -2.25. The number of hydrogen-bond acceptors (Lipinski definition) is 2. The Morgan fingerprint density at radius 2 is 2.32 bits per heavy atom. The molecular formula is C13H16BrN3OS. The van der Waals surface area contributed by atoms with Crippen LogP contribution in [0.25, 0.3) is 11.0 Å². The fourth-order valence-corrected chi connectivity index (χ4v) is 2.58. The van der Waals surface area contributed by atoms with E-state index >= 15 is 0 Å². The van der Waals surface area contributed by atoms with Gasteiger partial charge in [-0.3, -0.25) is 4.79 Å². The van der Waals surface area contributed by atoms with Gasteiger partial charge in [-0.2, -0.15) is 0 Å². The third-order valence-corrected chi connectivity index (χ3v) is 3.69. The average molecular weight is 342 g/mol. The van der Waals surface area contributed by atoms with E-state index in [1.807, 2.05) is 29.7 Å². The lowest BCUT2D eigenvalue weighted by atomic mass is 10.3. The van der Waals surface area contributed by atoms with Gasteiger partial charge >= 0.3 is 0 Å². The number of nitrogens with one attached hydrogen (secondary N) is 2. The second-order valence-electron chi connectivity index (χ2n) is 4.34. The average Bonchev–Trinajstić information content (AvgIpc) is 2.68. The molecule has 1 heterocycles. The lowest BCUT2D eigenvalue weighted by molar-refractivity contribution is -0.121. The molecule has 0 radical (unpaired) electrons. The Morgan fingerprint density at radius 3 is 3.05 bits per heavy atom. The standard InChI is InChI=1S/C13H16BrN3OS/c1-2-6-15-12(18)5-7-17-11-4-3-9(14)8-10(11)16-13(17)19/h3-4,8H,2,5-7H2,1H3,(H,15,18)(H,16,19). The summed E-state index contributed by atoms with van der Waals surface area (Å²) in [5, 5.41) is 2.87. The summed E-state index contributed by atoms with van der Waals surface area (Å²) in [4.78, 5) is 14.8. The van der Waals surface area contributed by atoms with Gasteiger partial charge in [-0.15, -0.1) is 0 Å². The third-order valence-electron chi connectivity index (χ3n) is 2.87. The van der Waals surface area contributed by atoms with Crippen LogP contribution in [0.15, 0.2) is 22.7 Å². The molecule has 2 aromatic rings. The molecule has 0 unspecified atom stereocenters. The van der Waals surface area contributed by atoms with Gasteiger partial charge in [0.2, 0.25) is 5.91 Å². The molecule has 2 N–H and O–H groups in total. The van der Waals surface area contributed by atoms with Crippen molar-refractivity contribution in [3.8, 4) is 0 Å². The first-order valence-electron chi connectivity index (χ1n) is 6.26. The first-order chi connectivity index (χ1) is 9.11. The summed E-state index contributed by atoms with van der Waals surface area (Å²) in [7, 11) is 0. The molecule has 2 rings (SSSR count). The van der Waals surface area contributed by atoms with Crippen molar-refractivity contribution in [1.82, 2.24) is 14.9 Å². The van der Waals surface area contributed by atoms with Gasteiger partial charge in [0.25, 0.3) is 0 Å². The van der Waals surface area contributed by atoms with Crippen LogP contribution in [0.4, 0.5) is 0 Å². The molecule has 4 nitrogen and oxygen atoms in total. The minimum absolute atomic E-state index is 0.0650. The smallest absolute Gasteiger partial charge is 0.221 e. The first kappa shape index (κ1) is 14.3. The highest BCUT2D eigenvalue weighted by Gasteiger charge is 2.07. The molecule has 19 heavy (non-hydrogen) atoms. The maximum atomic E-state index is 11.6. The highest BCUT2D eigenvalue weighted by molar-refractivity contribution is 9.10. The summed E-state index contributed by atoms with van der Waals surface area (Å²) in [6.07, 6.45) is 1.39. The molecule has 0 fully saturated rings. The van der Waals surface area contributed by atoms with Gasteiger partial charge in [-0.1, -0.05) is 22.9 Å². The molecule has 102 valence electrons. The molecule has 0 aliphatic heterocycles. The molecule has 1 aromatic carbocycles. The Morgan fingerprint density at radius 1 is 1.53 bits per heavy atom. The van der Waals surface area contributed by atoms with Crippen molar-refractivity contribution in [2.75, 3.05) is 6.54 Å². The molecule has 0 bridgehead atoms. The molecule has 6 heteroatoms. The highest BCUT2D eigenvalue weighted by Crippen LogP contribution is 2.19. The predicted octanol–water partition coefficient (Wildman–Crippen LogP) is 3.38. The van der Waals surface area contributed by atoms with E-state index in [-0.39, 0.29) is 5.91 Å². The number of rotatable bonds is 5. The van der Waals surface area contributed by atoms with Gasteiger partial charge in [0.05, 0.1) is 11.0 Å². The molecule has 1 amide bonds. The second-order valence-corrected chi connectivity index (χ2v) is 5.65. The monoisotopic (exact) mass is 341 g/mol. The fourth-order valence-electron chi connectivity index (χ4n) is 1.92. The summed E-state index contributed by atoms with van der Waals surface area (Å²) in [6.45, 7) is 3.36. The molecular weight excluding hydrogens is 326 g/mol. The number of imidazole rings is 1. The molecule has 0 saturated heterocycles. The van der Waals surface area contributed by atoms with Crippen molar-refractivity contribution in [3.63, 3.8) is 0 Å². The van der Waals surface area contributed by atoms with Crippen molar-refractivity contribution in [1.29, 1.82) is 0 Å². The molecule has 0 saturated carbocycles.